The molecule has 1 saturated heterocycles. The van der Waals surface area contributed by atoms with Crippen LogP contribution in [0.3, 0.4) is 0 Å². The molecule has 1 aliphatic heterocycles. The highest BCUT2D eigenvalue weighted by Gasteiger charge is 2.41. The summed E-state index contributed by atoms with van der Waals surface area (Å²) >= 11 is 0.568. The Morgan fingerprint density at radius 3 is 2.43 bits per heavy atom. The quantitative estimate of drug-likeness (QED) is 0.431. The summed E-state index contributed by atoms with van der Waals surface area (Å²) < 4.78 is 1.60. The van der Waals surface area contributed by atoms with E-state index < -0.39 is 40.7 Å². The standard InChI is InChI=1S/C13H21N3O6S/c1-7(10(17)16-6-4-5-8(16)11(18)19)14-9(12(20)21)13(2,3)23-15-22/h7-9,14H,4-6H2,1-3H3,(H,18,19)(H,20,21)/t7-,8-,9?/m0/s1. The highest BCUT2D eigenvalue weighted by Crippen LogP contribution is 2.29. The van der Waals surface area contributed by atoms with E-state index in [2.05, 4.69) is 9.90 Å². The number of likely N-dealkylation sites (tertiary alicyclic amines) is 1. The molecule has 0 aromatic carbocycles. The van der Waals surface area contributed by atoms with Gasteiger partial charge in [0.2, 0.25) is 5.91 Å². The average Bonchev–Trinajstić information content (AvgIpc) is 2.92. The Morgan fingerprint density at radius 2 is 1.96 bits per heavy atom. The van der Waals surface area contributed by atoms with Crippen molar-refractivity contribution in [1.29, 1.82) is 0 Å². The molecule has 1 aliphatic rings. The lowest BCUT2D eigenvalue weighted by Gasteiger charge is -2.32. The molecule has 1 heterocycles. The van der Waals surface area contributed by atoms with Crippen LogP contribution in [0.15, 0.2) is 4.58 Å². The summed E-state index contributed by atoms with van der Waals surface area (Å²) in [4.78, 5) is 46.7. The van der Waals surface area contributed by atoms with Crippen molar-refractivity contribution in [3.63, 3.8) is 0 Å². The summed E-state index contributed by atoms with van der Waals surface area (Å²) in [5, 5.41) is 21.1. The van der Waals surface area contributed by atoms with Gasteiger partial charge < -0.3 is 15.1 Å². The highest BCUT2D eigenvalue weighted by molar-refractivity contribution is 7.99. The second kappa shape index (κ2) is 7.73. The SMILES string of the molecule is C[C@H](NC(C(=O)O)C(C)(C)SN=O)C(=O)N1CCC[C@H]1C(=O)O. The van der Waals surface area contributed by atoms with Crippen LogP contribution in [0.2, 0.25) is 0 Å². The first-order chi connectivity index (χ1) is 10.6. The van der Waals surface area contributed by atoms with E-state index in [0.717, 1.165) is 0 Å². The van der Waals surface area contributed by atoms with Crippen molar-refractivity contribution < 1.29 is 24.6 Å². The molecule has 0 aromatic rings. The van der Waals surface area contributed by atoms with Crippen LogP contribution in [0.25, 0.3) is 0 Å². The van der Waals surface area contributed by atoms with Crippen LogP contribution in [0.1, 0.15) is 33.6 Å². The smallest absolute Gasteiger partial charge is 0.326 e. The topological polar surface area (TPSA) is 136 Å². The van der Waals surface area contributed by atoms with Crippen LogP contribution in [-0.2, 0) is 14.4 Å². The normalized spacial score (nSPS) is 20.8. The third-order valence-electron chi connectivity index (χ3n) is 3.82. The molecule has 0 spiro atoms. The molecule has 3 atom stereocenters. The minimum atomic E-state index is -1.22. The minimum absolute atomic E-state index is 0.327. The predicted molar refractivity (Wildman–Crippen MR) is 83.9 cm³/mol. The molecule has 3 N–H and O–H groups in total. The molecule has 0 aliphatic carbocycles. The summed E-state index contributed by atoms with van der Waals surface area (Å²) in [5.41, 5.74) is 0. The summed E-state index contributed by atoms with van der Waals surface area (Å²) in [6.45, 7) is 4.86. The number of rotatable bonds is 8. The van der Waals surface area contributed by atoms with E-state index in [1.54, 1.807) is 0 Å². The van der Waals surface area contributed by atoms with Gasteiger partial charge in [0.15, 0.2) is 0 Å². The van der Waals surface area contributed by atoms with Gasteiger partial charge in [0, 0.05) is 23.1 Å². The molecule has 23 heavy (non-hydrogen) atoms. The van der Waals surface area contributed by atoms with Crippen LogP contribution in [0, 0.1) is 4.91 Å². The monoisotopic (exact) mass is 347 g/mol. The van der Waals surface area contributed by atoms with Crippen LogP contribution in [0.5, 0.6) is 0 Å². The fourth-order valence-electron chi connectivity index (χ4n) is 2.58. The van der Waals surface area contributed by atoms with Crippen molar-refractivity contribution >= 4 is 29.8 Å². The number of hydrogen-bond acceptors (Lipinski definition) is 7. The van der Waals surface area contributed by atoms with E-state index in [4.69, 9.17) is 5.11 Å². The van der Waals surface area contributed by atoms with Crippen molar-refractivity contribution in [3.05, 3.63) is 4.91 Å². The second-order valence-corrected chi connectivity index (χ2v) is 7.34. The van der Waals surface area contributed by atoms with E-state index in [0.29, 0.717) is 31.3 Å². The molecule has 10 heteroatoms. The van der Waals surface area contributed by atoms with Crippen LogP contribution < -0.4 is 5.32 Å². The van der Waals surface area contributed by atoms with Gasteiger partial charge in [-0.3, -0.25) is 14.9 Å². The van der Waals surface area contributed by atoms with E-state index in [-0.39, 0.29) is 0 Å². The number of amides is 1. The number of aliphatic carboxylic acids is 2. The number of nitrogens with zero attached hydrogens (tertiary/aromatic N) is 2. The van der Waals surface area contributed by atoms with E-state index >= 15 is 0 Å². The average molecular weight is 347 g/mol. The van der Waals surface area contributed by atoms with Crippen LogP contribution in [-0.4, -0.2) is 62.4 Å². The van der Waals surface area contributed by atoms with Gasteiger partial charge in [0.05, 0.1) is 10.8 Å². The van der Waals surface area contributed by atoms with Crippen molar-refractivity contribution in [2.24, 2.45) is 4.58 Å². The van der Waals surface area contributed by atoms with Crippen molar-refractivity contribution in [3.8, 4) is 0 Å². The van der Waals surface area contributed by atoms with Gasteiger partial charge in [0.1, 0.15) is 12.1 Å². The molecule has 1 fully saturated rings. The first kappa shape index (κ1) is 19.4. The molecular weight excluding hydrogens is 326 g/mol. The Balaban J connectivity index is 2.84. The lowest BCUT2D eigenvalue weighted by molar-refractivity contribution is -0.149. The van der Waals surface area contributed by atoms with Crippen LogP contribution >= 0.6 is 11.9 Å². The van der Waals surface area contributed by atoms with Gasteiger partial charge in [0.25, 0.3) is 0 Å². The lowest BCUT2D eigenvalue weighted by atomic mass is 10.0. The number of carboxylic acid groups (broad SMARTS) is 2. The minimum Gasteiger partial charge on any atom is -0.480 e. The van der Waals surface area contributed by atoms with E-state index in [1.807, 2.05) is 0 Å². The third-order valence-corrected chi connectivity index (χ3v) is 4.60. The number of nitroso groups, excluding NO2 is 1. The highest BCUT2D eigenvalue weighted by atomic mass is 32.2. The van der Waals surface area contributed by atoms with Crippen molar-refractivity contribution in [2.45, 2.75) is 56.5 Å². The van der Waals surface area contributed by atoms with Crippen molar-refractivity contribution in [2.75, 3.05) is 6.54 Å². The summed E-state index contributed by atoms with van der Waals surface area (Å²) in [5.74, 6) is -2.76. The third kappa shape index (κ3) is 4.64. The molecule has 1 amide bonds. The number of carbonyl (C=O) groups is 3. The molecule has 0 radical (unpaired) electrons. The maximum Gasteiger partial charge on any atom is 0.326 e. The zero-order valence-corrected chi connectivity index (χ0v) is 14.0. The molecule has 0 bridgehead atoms. The van der Waals surface area contributed by atoms with Gasteiger partial charge in [-0.05, 0) is 33.6 Å². The number of carbonyl (C=O) groups excluding carboxylic acids is 1. The lowest BCUT2D eigenvalue weighted by Crippen LogP contribution is -2.58. The maximum atomic E-state index is 12.4. The zero-order valence-electron chi connectivity index (χ0n) is 13.2. The molecule has 0 aromatic heterocycles. The van der Waals surface area contributed by atoms with Crippen molar-refractivity contribution in [1.82, 2.24) is 10.2 Å². The number of nitrogens with one attached hydrogen (secondary N) is 1. The van der Waals surface area contributed by atoms with Gasteiger partial charge in [-0.25, -0.2) is 4.79 Å². The first-order valence-corrected chi connectivity index (χ1v) is 7.92. The van der Waals surface area contributed by atoms with E-state index in [1.165, 1.54) is 25.7 Å². The number of carboxylic acids is 2. The molecule has 130 valence electrons. The summed E-state index contributed by atoms with van der Waals surface area (Å²) in [6.07, 6.45) is 0.973. The molecule has 1 rings (SSSR count). The second-order valence-electron chi connectivity index (χ2n) is 5.96. The summed E-state index contributed by atoms with van der Waals surface area (Å²) in [6, 6.07) is -2.98. The zero-order chi connectivity index (χ0) is 17.8. The molecular formula is C13H21N3O6S. The number of hydrogen-bond donors (Lipinski definition) is 3. The maximum absolute atomic E-state index is 12.4. The molecule has 1 unspecified atom stereocenters. The van der Waals surface area contributed by atoms with Gasteiger partial charge in [-0.1, -0.05) is 0 Å². The fraction of sp³-hybridized carbons (Fsp3) is 0.769. The Kier molecular flexibility index (Phi) is 6.51. The Hall–Kier alpha value is -1.68. The Morgan fingerprint density at radius 1 is 1.35 bits per heavy atom. The van der Waals surface area contributed by atoms with Crippen LogP contribution in [0.4, 0.5) is 0 Å². The van der Waals surface area contributed by atoms with Gasteiger partial charge in [-0.15, -0.1) is 4.91 Å². The largest absolute Gasteiger partial charge is 0.480 e. The first-order valence-electron chi connectivity index (χ1n) is 7.14. The van der Waals surface area contributed by atoms with Gasteiger partial charge in [-0.2, -0.15) is 0 Å². The Labute approximate surface area is 137 Å². The predicted octanol–water partition coefficient (Wildman–Crippen LogP) is 0.686. The molecule has 9 nitrogen and oxygen atoms in total. The Bertz CT molecular complexity index is 498. The van der Waals surface area contributed by atoms with Gasteiger partial charge >= 0.3 is 11.9 Å². The molecule has 0 saturated carbocycles. The fourth-order valence-corrected chi connectivity index (χ4v) is 3.04. The van der Waals surface area contributed by atoms with E-state index in [9.17, 15) is 24.4 Å². The summed E-state index contributed by atoms with van der Waals surface area (Å²) in [7, 11) is 0.